The predicted molar refractivity (Wildman–Crippen MR) is 121 cm³/mol. The topological polar surface area (TPSA) is 57.5 Å². The van der Waals surface area contributed by atoms with Crippen molar-refractivity contribution >= 4 is 5.96 Å². The van der Waals surface area contributed by atoms with Gasteiger partial charge < -0.3 is 10.6 Å². The highest BCUT2D eigenvalue weighted by atomic mass is 19.1. The van der Waals surface area contributed by atoms with Crippen LogP contribution in [0.3, 0.4) is 0 Å². The molecule has 0 radical (unpaired) electrons. The fourth-order valence-corrected chi connectivity index (χ4v) is 3.65. The van der Waals surface area contributed by atoms with E-state index in [-0.39, 0.29) is 5.82 Å². The monoisotopic (exact) mass is 412 g/mol. The molecule has 1 saturated heterocycles. The number of nitrogens with zero attached hydrogens (tertiary/aromatic N) is 4. The first kappa shape index (κ1) is 22.0. The molecule has 0 bridgehead atoms. The molecule has 1 aliphatic rings. The van der Waals surface area contributed by atoms with Crippen LogP contribution in [0, 0.1) is 5.82 Å². The minimum atomic E-state index is -0.245. The van der Waals surface area contributed by atoms with Gasteiger partial charge >= 0.3 is 0 Å². The van der Waals surface area contributed by atoms with Crippen molar-refractivity contribution in [1.82, 2.24) is 25.3 Å². The minimum absolute atomic E-state index is 0.245. The van der Waals surface area contributed by atoms with Gasteiger partial charge in [-0.25, -0.2) is 9.07 Å². The molecule has 1 fully saturated rings. The van der Waals surface area contributed by atoms with Crippen LogP contribution in [-0.4, -0.2) is 59.4 Å². The van der Waals surface area contributed by atoms with Gasteiger partial charge in [0.15, 0.2) is 5.96 Å². The van der Waals surface area contributed by atoms with E-state index >= 15 is 0 Å². The van der Waals surface area contributed by atoms with E-state index in [0.717, 1.165) is 62.8 Å². The number of nitrogens with one attached hydrogen (secondary N) is 2. The Hall–Kier alpha value is -2.67. The Morgan fingerprint density at radius 2 is 1.97 bits per heavy atom. The van der Waals surface area contributed by atoms with Gasteiger partial charge in [0.2, 0.25) is 0 Å². The van der Waals surface area contributed by atoms with Crippen molar-refractivity contribution < 1.29 is 4.39 Å². The number of hydrogen-bond donors (Lipinski definition) is 2. The number of aliphatic imine (C=N–C) groups is 1. The first-order chi connectivity index (χ1) is 14.5. The van der Waals surface area contributed by atoms with Gasteiger partial charge in [-0.3, -0.25) is 9.89 Å². The Morgan fingerprint density at radius 1 is 1.23 bits per heavy atom. The first-order valence-corrected chi connectivity index (χ1v) is 10.8. The van der Waals surface area contributed by atoms with Crippen molar-refractivity contribution in [3.63, 3.8) is 0 Å². The third-order valence-electron chi connectivity index (χ3n) is 5.14. The molecule has 0 amide bonds. The van der Waals surface area contributed by atoms with Crippen molar-refractivity contribution in [3.8, 4) is 5.69 Å². The van der Waals surface area contributed by atoms with Gasteiger partial charge in [-0.1, -0.05) is 12.2 Å². The molecule has 30 heavy (non-hydrogen) atoms. The van der Waals surface area contributed by atoms with Crippen LogP contribution in [0.4, 0.5) is 4.39 Å². The maximum Gasteiger partial charge on any atom is 0.191 e. The van der Waals surface area contributed by atoms with Crippen LogP contribution in [0.25, 0.3) is 5.69 Å². The lowest BCUT2D eigenvalue weighted by atomic mass is 10.0. The molecular weight excluding hydrogens is 379 g/mol. The molecule has 0 atom stereocenters. The standard InChI is InChI=1S/C23H33FN6/c1-4-25-23(27-20-10-14-29(15-11-20)17-18(2)3)26-13-9-21-12-16-30(28-21)22-7-5-19(24)6-8-22/h5-8,12,16,20H,2,4,9-11,13-15,17H2,1,3H3,(H2,25,26,27). The zero-order valence-electron chi connectivity index (χ0n) is 18.1. The van der Waals surface area contributed by atoms with Gasteiger partial charge in [0.1, 0.15) is 5.82 Å². The van der Waals surface area contributed by atoms with Crippen LogP contribution >= 0.6 is 0 Å². The van der Waals surface area contributed by atoms with E-state index in [9.17, 15) is 4.39 Å². The SMILES string of the molecule is C=C(C)CN1CCC(NC(=NCCc2ccn(-c3ccc(F)cc3)n2)NCC)CC1. The quantitative estimate of drug-likeness (QED) is 0.397. The number of likely N-dealkylation sites (tertiary alicyclic amines) is 1. The second-order valence-electron chi connectivity index (χ2n) is 7.89. The predicted octanol–water partition coefficient (Wildman–Crippen LogP) is 3.15. The molecule has 1 aliphatic heterocycles. The largest absolute Gasteiger partial charge is 0.357 e. The van der Waals surface area contributed by atoms with Gasteiger partial charge in [0.25, 0.3) is 0 Å². The van der Waals surface area contributed by atoms with Gasteiger partial charge in [0.05, 0.1) is 11.4 Å². The molecule has 2 heterocycles. The number of benzene rings is 1. The summed E-state index contributed by atoms with van der Waals surface area (Å²) in [7, 11) is 0. The number of piperidine rings is 1. The fraction of sp³-hybridized carbons (Fsp3) is 0.478. The lowest BCUT2D eigenvalue weighted by Gasteiger charge is -2.33. The summed E-state index contributed by atoms with van der Waals surface area (Å²) in [6.45, 7) is 12.8. The molecule has 3 rings (SSSR count). The van der Waals surface area contributed by atoms with E-state index in [1.165, 1.54) is 17.7 Å². The normalized spacial score (nSPS) is 15.9. The third-order valence-corrected chi connectivity index (χ3v) is 5.14. The molecular formula is C23H33FN6. The van der Waals surface area contributed by atoms with E-state index in [4.69, 9.17) is 4.99 Å². The van der Waals surface area contributed by atoms with Gasteiger partial charge in [0, 0.05) is 51.4 Å². The van der Waals surface area contributed by atoms with Crippen LogP contribution in [0.1, 0.15) is 32.4 Å². The molecule has 7 heteroatoms. The molecule has 0 aliphatic carbocycles. The molecule has 1 aromatic heterocycles. The summed E-state index contributed by atoms with van der Waals surface area (Å²) in [5.74, 6) is 0.624. The molecule has 2 N–H and O–H groups in total. The summed E-state index contributed by atoms with van der Waals surface area (Å²) in [6.07, 6.45) is 4.87. The minimum Gasteiger partial charge on any atom is -0.357 e. The second-order valence-corrected chi connectivity index (χ2v) is 7.89. The molecule has 0 unspecified atom stereocenters. The fourth-order valence-electron chi connectivity index (χ4n) is 3.65. The molecule has 1 aromatic carbocycles. The molecule has 162 valence electrons. The summed E-state index contributed by atoms with van der Waals surface area (Å²) in [5.41, 5.74) is 3.03. The Balaban J connectivity index is 1.49. The number of halogens is 1. The maximum atomic E-state index is 13.1. The molecule has 6 nitrogen and oxygen atoms in total. The number of aromatic nitrogens is 2. The zero-order valence-corrected chi connectivity index (χ0v) is 18.1. The average molecular weight is 413 g/mol. The number of rotatable bonds is 8. The molecule has 0 saturated carbocycles. The second kappa shape index (κ2) is 10.9. The first-order valence-electron chi connectivity index (χ1n) is 10.8. The summed E-state index contributed by atoms with van der Waals surface area (Å²) in [4.78, 5) is 7.19. The number of hydrogen-bond acceptors (Lipinski definition) is 3. The number of guanidine groups is 1. The Labute approximate surface area is 178 Å². The van der Waals surface area contributed by atoms with Crippen LogP contribution in [-0.2, 0) is 6.42 Å². The van der Waals surface area contributed by atoms with E-state index < -0.39 is 0 Å². The van der Waals surface area contributed by atoms with Crippen LogP contribution < -0.4 is 10.6 Å². The summed E-state index contributed by atoms with van der Waals surface area (Å²) in [5, 5.41) is 11.5. The Morgan fingerprint density at radius 3 is 2.63 bits per heavy atom. The lowest BCUT2D eigenvalue weighted by molar-refractivity contribution is 0.221. The van der Waals surface area contributed by atoms with E-state index in [0.29, 0.717) is 12.6 Å². The summed E-state index contributed by atoms with van der Waals surface area (Å²) >= 11 is 0. The highest BCUT2D eigenvalue weighted by molar-refractivity contribution is 5.80. The van der Waals surface area contributed by atoms with Crippen molar-refractivity contribution in [2.24, 2.45) is 4.99 Å². The average Bonchev–Trinajstić information content (AvgIpc) is 3.18. The zero-order chi connectivity index (χ0) is 21.3. The molecule has 0 spiro atoms. The maximum absolute atomic E-state index is 13.1. The smallest absolute Gasteiger partial charge is 0.191 e. The third kappa shape index (κ3) is 6.69. The van der Waals surface area contributed by atoms with E-state index in [2.05, 4.69) is 41.1 Å². The lowest BCUT2D eigenvalue weighted by Crippen LogP contribution is -2.49. The Bertz CT molecular complexity index is 834. The Kier molecular flexibility index (Phi) is 8.02. The van der Waals surface area contributed by atoms with E-state index in [1.807, 2.05) is 12.3 Å². The van der Waals surface area contributed by atoms with Gasteiger partial charge in [-0.2, -0.15) is 5.10 Å². The van der Waals surface area contributed by atoms with Gasteiger partial charge in [-0.15, -0.1) is 0 Å². The molecule has 2 aromatic rings. The van der Waals surface area contributed by atoms with Crippen molar-refractivity contribution in [2.45, 2.75) is 39.2 Å². The highest BCUT2D eigenvalue weighted by Gasteiger charge is 2.19. The van der Waals surface area contributed by atoms with Crippen LogP contribution in [0.5, 0.6) is 0 Å². The van der Waals surface area contributed by atoms with Crippen molar-refractivity contribution in [1.29, 1.82) is 0 Å². The van der Waals surface area contributed by atoms with Gasteiger partial charge in [-0.05, 0) is 57.0 Å². The van der Waals surface area contributed by atoms with Crippen molar-refractivity contribution in [3.05, 3.63) is 60.2 Å². The van der Waals surface area contributed by atoms with E-state index in [1.54, 1.807) is 16.8 Å². The van der Waals surface area contributed by atoms with Crippen LogP contribution in [0.2, 0.25) is 0 Å². The van der Waals surface area contributed by atoms with Crippen molar-refractivity contribution in [2.75, 3.05) is 32.7 Å². The summed E-state index contributed by atoms with van der Waals surface area (Å²) in [6, 6.07) is 8.76. The highest BCUT2D eigenvalue weighted by Crippen LogP contribution is 2.12. The van der Waals surface area contributed by atoms with Crippen LogP contribution in [0.15, 0.2) is 53.7 Å². The summed E-state index contributed by atoms with van der Waals surface area (Å²) < 4.78 is 14.9.